The van der Waals surface area contributed by atoms with Crippen molar-refractivity contribution in [2.45, 2.75) is 34.2 Å². The zero-order valence-electron chi connectivity index (χ0n) is 17.4. The molecule has 0 saturated carbocycles. The molecule has 0 unspecified atom stereocenters. The number of carbonyl (C=O) groups is 2. The monoisotopic (exact) mass is 421 g/mol. The first kappa shape index (κ1) is 21.3. The Morgan fingerprint density at radius 3 is 2.47 bits per heavy atom. The van der Waals surface area contributed by atoms with E-state index < -0.39 is 18.5 Å². The molecular weight excluding hydrogens is 398 g/mol. The van der Waals surface area contributed by atoms with Gasteiger partial charge in [-0.15, -0.1) is 11.3 Å². The van der Waals surface area contributed by atoms with Gasteiger partial charge < -0.3 is 14.6 Å². The summed E-state index contributed by atoms with van der Waals surface area (Å²) < 4.78 is 7.09. The van der Waals surface area contributed by atoms with Crippen LogP contribution in [0.2, 0.25) is 0 Å². The van der Waals surface area contributed by atoms with E-state index in [0.717, 1.165) is 26.6 Å². The molecule has 0 bridgehead atoms. The maximum absolute atomic E-state index is 12.5. The van der Waals surface area contributed by atoms with Crippen LogP contribution in [0.25, 0.3) is 0 Å². The average Bonchev–Trinajstić information content (AvgIpc) is 3.17. The van der Waals surface area contributed by atoms with Gasteiger partial charge in [0, 0.05) is 22.0 Å². The summed E-state index contributed by atoms with van der Waals surface area (Å²) in [6.45, 7) is 7.61. The standard InChI is InChI=1S/C23H23N3O3S/c1-14-10-19(17(4)30-14)23(28)29-13-21(27)25-22-20(11-24)15(2)16(3)26(22)12-18-8-6-5-7-9-18/h5-10H,12-13H2,1-4H3,(H,25,27). The number of anilines is 1. The van der Waals surface area contributed by atoms with E-state index in [-0.39, 0.29) is 0 Å². The quantitative estimate of drug-likeness (QED) is 0.594. The molecule has 0 aliphatic heterocycles. The molecular formula is C23H23N3O3S. The van der Waals surface area contributed by atoms with Crippen molar-refractivity contribution < 1.29 is 14.3 Å². The lowest BCUT2D eigenvalue weighted by molar-refractivity contribution is -0.119. The molecule has 30 heavy (non-hydrogen) atoms. The third-order valence-corrected chi connectivity index (χ3v) is 5.94. The van der Waals surface area contributed by atoms with Gasteiger partial charge in [0.1, 0.15) is 11.9 Å². The van der Waals surface area contributed by atoms with E-state index in [2.05, 4.69) is 11.4 Å². The highest BCUT2D eigenvalue weighted by Gasteiger charge is 2.21. The van der Waals surface area contributed by atoms with Gasteiger partial charge >= 0.3 is 5.97 Å². The predicted molar refractivity (Wildman–Crippen MR) is 117 cm³/mol. The summed E-state index contributed by atoms with van der Waals surface area (Å²) in [7, 11) is 0. The first-order valence-electron chi connectivity index (χ1n) is 9.49. The molecule has 3 rings (SSSR count). The number of nitriles is 1. The van der Waals surface area contributed by atoms with Gasteiger partial charge in [0.15, 0.2) is 6.61 Å². The van der Waals surface area contributed by atoms with Crippen LogP contribution in [0.3, 0.4) is 0 Å². The maximum atomic E-state index is 12.5. The molecule has 1 aromatic carbocycles. The molecule has 3 aromatic rings. The van der Waals surface area contributed by atoms with Crippen molar-refractivity contribution in [2.75, 3.05) is 11.9 Å². The van der Waals surface area contributed by atoms with Crippen LogP contribution < -0.4 is 5.32 Å². The van der Waals surface area contributed by atoms with Crippen LogP contribution in [-0.4, -0.2) is 23.1 Å². The summed E-state index contributed by atoms with van der Waals surface area (Å²) in [5.74, 6) is -0.601. The first-order valence-corrected chi connectivity index (χ1v) is 10.3. The fourth-order valence-electron chi connectivity index (χ4n) is 3.30. The number of thiophene rings is 1. The van der Waals surface area contributed by atoms with Crippen molar-refractivity contribution in [1.29, 1.82) is 5.26 Å². The second-order valence-corrected chi connectivity index (χ2v) is 8.53. The lowest BCUT2D eigenvalue weighted by Crippen LogP contribution is -2.23. The van der Waals surface area contributed by atoms with Crippen LogP contribution in [0.1, 0.15) is 42.5 Å². The third kappa shape index (κ3) is 4.44. The van der Waals surface area contributed by atoms with Crippen LogP contribution in [0.5, 0.6) is 0 Å². The predicted octanol–water partition coefficient (Wildman–Crippen LogP) is 4.50. The van der Waals surface area contributed by atoms with Gasteiger partial charge in [-0.1, -0.05) is 30.3 Å². The van der Waals surface area contributed by atoms with Crippen molar-refractivity contribution >= 4 is 29.0 Å². The Bertz CT molecular complexity index is 1140. The first-order chi connectivity index (χ1) is 14.3. The minimum Gasteiger partial charge on any atom is -0.452 e. The van der Waals surface area contributed by atoms with E-state index in [4.69, 9.17) is 4.74 Å². The summed E-state index contributed by atoms with van der Waals surface area (Å²) in [5, 5.41) is 12.4. The number of hydrogen-bond acceptors (Lipinski definition) is 5. The fraction of sp³-hybridized carbons (Fsp3) is 0.261. The molecule has 0 saturated heterocycles. The van der Waals surface area contributed by atoms with Gasteiger partial charge in [-0.3, -0.25) is 4.79 Å². The van der Waals surface area contributed by atoms with Crippen molar-refractivity contribution in [3.05, 3.63) is 74.1 Å². The molecule has 0 spiro atoms. The summed E-state index contributed by atoms with van der Waals surface area (Å²) >= 11 is 1.51. The molecule has 2 heterocycles. The van der Waals surface area contributed by atoms with Gasteiger partial charge in [-0.2, -0.15) is 5.26 Å². The van der Waals surface area contributed by atoms with Crippen LogP contribution in [0.15, 0.2) is 36.4 Å². The normalized spacial score (nSPS) is 10.5. The Kier molecular flexibility index (Phi) is 6.38. The lowest BCUT2D eigenvalue weighted by atomic mass is 10.2. The maximum Gasteiger partial charge on any atom is 0.339 e. The molecule has 1 amide bonds. The number of aryl methyl sites for hydroxylation is 2. The SMILES string of the molecule is Cc1cc(C(=O)OCC(=O)Nc2c(C#N)c(C)c(C)n2Cc2ccccc2)c(C)s1. The largest absolute Gasteiger partial charge is 0.452 e. The third-order valence-electron chi connectivity index (χ3n) is 4.98. The number of aromatic nitrogens is 1. The summed E-state index contributed by atoms with van der Waals surface area (Å²) in [6, 6.07) is 13.7. The number of nitrogens with zero attached hydrogens (tertiary/aromatic N) is 2. The number of rotatable bonds is 6. The van der Waals surface area contributed by atoms with Crippen molar-refractivity contribution in [1.82, 2.24) is 4.57 Å². The van der Waals surface area contributed by atoms with Gasteiger partial charge in [-0.25, -0.2) is 4.79 Å². The minimum atomic E-state index is -0.528. The van der Waals surface area contributed by atoms with Gasteiger partial charge in [0.25, 0.3) is 5.91 Å². The van der Waals surface area contributed by atoms with E-state index >= 15 is 0 Å². The van der Waals surface area contributed by atoms with Crippen molar-refractivity contribution in [3.63, 3.8) is 0 Å². The van der Waals surface area contributed by atoms with E-state index in [0.29, 0.717) is 23.5 Å². The number of hydrogen-bond donors (Lipinski definition) is 1. The van der Waals surface area contributed by atoms with Gasteiger partial charge in [0.05, 0.1) is 11.1 Å². The highest BCUT2D eigenvalue weighted by Crippen LogP contribution is 2.27. The molecule has 2 aromatic heterocycles. The Balaban J connectivity index is 1.77. The van der Waals surface area contributed by atoms with Gasteiger partial charge in [0.2, 0.25) is 0 Å². The Labute approximate surface area is 179 Å². The Hall–Kier alpha value is -3.37. The number of carbonyl (C=O) groups excluding carboxylic acids is 2. The van der Waals surface area contributed by atoms with Crippen molar-refractivity contribution in [2.24, 2.45) is 0 Å². The fourth-order valence-corrected chi connectivity index (χ4v) is 4.22. The van der Waals surface area contributed by atoms with E-state index in [1.165, 1.54) is 11.3 Å². The molecule has 0 aliphatic rings. The highest BCUT2D eigenvalue weighted by atomic mass is 32.1. The molecule has 1 N–H and O–H groups in total. The number of esters is 1. The Morgan fingerprint density at radius 2 is 1.87 bits per heavy atom. The summed E-state index contributed by atoms with van der Waals surface area (Å²) in [4.78, 5) is 26.7. The van der Waals surface area contributed by atoms with Crippen molar-refractivity contribution in [3.8, 4) is 6.07 Å². The number of ether oxygens (including phenoxy) is 1. The smallest absolute Gasteiger partial charge is 0.339 e. The van der Waals surface area contributed by atoms with E-state index in [1.54, 1.807) is 6.07 Å². The Morgan fingerprint density at radius 1 is 1.17 bits per heavy atom. The molecule has 6 nitrogen and oxygen atoms in total. The number of nitrogens with one attached hydrogen (secondary N) is 1. The topological polar surface area (TPSA) is 84.1 Å². The second kappa shape index (κ2) is 8.97. The van der Waals surface area contributed by atoms with Crippen LogP contribution in [-0.2, 0) is 16.1 Å². The zero-order chi connectivity index (χ0) is 21.8. The summed E-state index contributed by atoms with van der Waals surface area (Å²) in [6.07, 6.45) is 0. The minimum absolute atomic E-state index is 0.410. The number of amides is 1. The molecule has 0 aliphatic carbocycles. The number of benzene rings is 1. The lowest BCUT2D eigenvalue weighted by Gasteiger charge is -2.13. The van der Waals surface area contributed by atoms with E-state index in [9.17, 15) is 14.9 Å². The summed E-state index contributed by atoms with van der Waals surface area (Å²) in [5.41, 5.74) is 3.64. The highest BCUT2D eigenvalue weighted by molar-refractivity contribution is 7.12. The second-order valence-electron chi connectivity index (χ2n) is 7.07. The van der Waals surface area contributed by atoms with E-state index in [1.807, 2.05) is 62.6 Å². The average molecular weight is 422 g/mol. The zero-order valence-corrected chi connectivity index (χ0v) is 18.2. The molecule has 154 valence electrons. The van der Waals surface area contributed by atoms with Crippen LogP contribution >= 0.6 is 11.3 Å². The molecule has 0 atom stereocenters. The van der Waals surface area contributed by atoms with Gasteiger partial charge in [-0.05, 0) is 44.9 Å². The molecule has 0 fully saturated rings. The molecule has 7 heteroatoms. The van der Waals surface area contributed by atoms with Crippen LogP contribution in [0, 0.1) is 39.0 Å². The van der Waals surface area contributed by atoms with Crippen LogP contribution in [0.4, 0.5) is 5.82 Å². The molecule has 0 radical (unpaired) electrons.